The summed E-state index contributed by atoms with van der Waals surface area (Å²) in [6.07, 6.45) is 1.06. The summed E-state index contributed by atoms with van der Waals surface area (Å²) in [7, 11) is -2.07. The predicted molar refractivity (Wildman–Crippen MR) is 116 cm³/mol. The first-order chi connectivity index (χ1) is 14.7. The lowest BCUT2D eigenvalue weighted by Crippen LogP contribution is -2.40. The minimum absolute atomic E-state index is 0.0213. The van der Waals surface area contributed by atoms with E-state index in [1.54, 1.807) is 43.5 Å². The van der Waals surface area contributed by atoms with Crippen LogP contribution < -0.4 is 14.4 Å². The molecule has 1 heterocycles. The second-order valence-corrected chi connectivity index (χ2v) is 8.96. The van der Waals surface area contributed by atoms with Gasteiger partial charge in [0.1, 0.15) is 12.3 Å². The third-order valence-corrected chi connectivity index (χ3v) is 5.86. The van der Waals surface area contributed by atoms with Gasteiger partial charge in [-0.25, -0.2) is 8.42 Å². The van der Waals surface area contributed by atoms with Gasteiger partial charge in [-0.15, -0.1) is 0 Å². The number of amides is 1. The Labute approximate surface area is 181 Å². The Balaban J connectivity index is 1.65. The number of aromatic nitrogens is 2. The molecule has 31 heavy (non-hydrogen) atoms. The summed E-state index contributed by atoms with van der Waals surface area (Å²) in [5.41, 5.74) is 3.13. The third kappa shape index (κ3) is 5.60. The van der Waals surface area contributed by atoms with Crippen LogP contribution in [0.15, 0.2) is 47.0 Å². The minimum atomic E-state index is -3.65. The number of benzene rings is 2. The molecule has 0 aliphatic rings. The quantitative estimate of drug-likeness (QED) is 0.567. The Morgan fingerprint density at radius 3 is 2.45 bits per heavy atom. The zero-order chi connectivity index (χ0) is 22.6. The largest absolute Gasteiger partial charge is 0.497 e. The summed E-state index contributed by atoms with van der Waals surface area (Å²) in [5.74, 6) is 0.794. The van der Waals surface area contributed by atoms with E-state index in [-0.39, 0.29) is 19.0 Å². The van der Waals surface area contributed by atoms with Crippen molar-refractivity contribution in [1.82, 2.24) is 15.5 Å². The second kappa shape index (κ2) is 9.17. The summed E-state index contributed by atoms with van der Waals surface area (Å²) in [6.45, 7) is 3.43. The highest BCUT2D eigenvalue weighted by Crippen LogP contribution is 2.21. The van der Waals surface area contributed by atoms with E-state index in [9.17, 15) is 13.2 Å². The van der Waals surface area contributed by atoms with Gasteiger partial charge in [0.05, 0.1) is 25.6 Å². The Morgan fingerprint density at radius 2 is 1.84 bits per heavy atom. The monoisotopic (exact) mass is 444 g/mol. The lowest BCUT2D eigenvalue weighted by molar-refractivity contribution is -0.119. The molecule has 0 saturated carbocycles. The van der Waals surface area contributed by atoms with Crippen LogP contribution in [0.2, 0.25) is 0 Å². The molecule has 0 spiro atoms. The molecular formula is C21H24N4O5S. The first-order valence-corrected chi connectivity index (χ1v) is 11.3. The number of anilines is 1. The summed E-state index contributed by atoms with van der Waals surface area (Å²) in [4.78, 5) is 16.7. The summed E-state index contributed by atoms with van der Waals surface area (Å²) in [6, 6.07) is 12.4. The van der Waals surface area contributed by atoms with E-state index >= 15 is 0 Å². The predicted octanol–water partition coefficient (Wildman–Crippen LogP) is 2.44. The van der Waals surface area contributed by atoms with Gasteiger partial charge in [0, 0.05) is 5.56 Å². The van der Waals surface area contributed by atoms with Crippen LogP contribution in [0.4, 0.5) is 5.69 Å². The zero-order valence-electron chi connectivity index (χ0n) is 17.7. The van der Waals surface area contributed by atoms with E-state index in [0.29, 0.717) is 17.3 Å². The fourth-order valence-corrected chi connectivity index (χ4v) is 3.67. The number of sulfonamides is 1. The molecule has 0 unspecified atom stereocenters. The molecule has 0 atom stereocenters. The van der Waals surface area contributed by atoms with Gasteiger partial charge >= 0.3 is 0 Å². The van der Waals surface area contributed by atoms with E-state index in [4.69, 9.17) is 9.26 Å². The Bertz CT molecular complexity index is 1170. The molecule has 3 aromatic rings. The molecule has 1 aromatic heterocycles. The topological polar surface area (TPSA) is 115 Å². The number of ether oxygens (including phenoxy) is 1. The number of aryl methyl sites for hydroxylation is 2. The van der Waals surface area contributed by atoms with E-state index in [2.05, 4.69) is 15.5 Å². The Kier molecular flexibility index (Phi) is 6.59. The zero-order valence-corrected chi connectivity index (χ0v) is 18.6. The van der Waals surface area contributed by atoms with E-state index in [1.165, 1.54) is 0 Å². The average Bonchev–Trinajstić information content (AvgIpc) is 3.21. The van der Waals surface area contributed by atoms with Gasteiger partial charge in [-0.2, -0.15) is 4.98 Å². The highest BCUT2D eigenvalue weighted by atomic mass is 32.2. The summed E-state index contributed by atoms with van der Waals surface area (Å²) >= 11 is 0. The molecule has 9 nitrogen and oxygen atoms in total. The molecule has 0 bridgehead atoms. The van der Waals surface area contributed by atoms with Crippen molar-refractivity contribution in [3.63, 3.8) is 0 Å². The molecule has 164 valence electrons. The van der Waals surface area contributed by atoms with Crippen LogP contribution in [0.25, 0.3) is 11.4 Å². The number of rotatable bonds is 8. The van der Waals surface area contributed by atoms with Crippen LogP contribution in [0.3, 0.4) is 0 Å². The van der Waals surface area contributed by atoms with Crippen molar-refractivity contribution >= 4 is 21.6 Å². The van der Waals surface area contributed by atoms with Gasteiger partial charge in [0.15, 0.2) is 0 Å². The van der Waals surface area contributed by atoms with E-state index in [1.807, 2.05) is 19.9 Å². The molecule has 2 aromatic carbocycles. The Morgan fingerprint density at radius 1 is 1.13 bits per heavy atom. The average molecular weight is 445 g/mol. The van der Waals surface area contributed by atoms with Crippen molar-refractivity contribution in [2.45, 2.75) is 20.4 Å². The molecule has 0 fully saturated rings. The first kappa shape index (κ1) is 22.3. The van der Waals surface area contributed by atoms with Crippen molar-refractivity contribution in [1.29, 1.82) is 0 Å². The van der Waals surface area contributed by atoms with E-state index in [0.717, 1.165) is 27.3 Å². The fraction of sp³-hybridized carbons (Fsp3) is 0.286. The van der Waals surface area contributed by atoms with Gasteiger partial charge in [-0.05, 0) is 61.4 Å². The van der Waals surface area contributed by atoms with Gasteiger partial charge in [-0.3, -0.25) is 9.10 Å². The van der Waals surface area contributed by atoms with Crippen LogP contribution in [0, 0.1) is 13.8 Å². The normalized spacial score (nSPS) is 11.2. The standard InChI is InChI=1S/C21H24N4O5S/c1-14-5-8-17(11-15(14)2)25(31(4,27)28)13-19(26)22-12-20-23-21(24-30-20)16-6-9-18(29-3)10-7-16/h5-11H,12-13H2,1-4H3,(H,22,26). The third-order valence-electron chi connectivity index (χ3n) is 4.72. The molecule has 0 aliphatic carbocycles. The number of nitrogens with one attached hydrogen (secondary N) is 1. The number of hydrogen-bond donors (Lipinski definition) is 1. The van der Waals surface area contributed by atoms with Gasteiger partial charge in [-0.1, -0.05) is 11.2 Å². The van der Waals surface area contributed by atoms with Crippen LogP contribution in [-0.2, 0) is 21.4 Å². The molecule has 0 aliphatic heterocycles. The number of carbonyl (C=O) groups is 1. The van der Waals surface area contributed by atoms with Crippen LogP contribution in [0.5, 0.6) is 5.75 Å². The SMILES string of the molecule is COc1ccc(-c2noc(CNC(=O)CN(c3ccc(C)c(C)c3)S(C)(=O)=O)n2)cc1. The molecule has 0 radical (unpaired) electrons. The summed E-state index contributed by atoms with van der Waals surface area (Å²) < 4.78 is 35.8. The maximum Gasteiger partial charge on any atom is 0.246 e. The molecule has 10 heteroatoms. The number of methoxy groups -OCH3 is 1. The van der Waals surface area contributed by atoms with Gasteiger partial charge in [0.2, 0.25) is 27.6 Å². The lowest BCUT2D eigenvalue weighted by atomic mass is 10.1. The molecule has 1 amide bonds. The van der Waals surface area contributed by atoms with Crippen LogP contribution >= 0.6 is 0 Å². The van der Waals surface area contributed by atoms with E-state index < -0.39 is 15.9 Å². The molecule has 0 saturated heterocycles. The van der Waals surface area contributed by atoms with Crippen LogP contribution in [-0.4, -0.2) is 44.4 Å². The van der Waals surface area contributed by atoms with Crippen molar-refractivity contribution in [3.05, 3.63) is 59.5 Å². The smallest absolute Gasteiger partial charge is 0.246 e. The minimum Gasteiger partial charge on any atom is -0.497 e. The number of hydrogen-bond acceptors (Lipinski definition) is 7. The van der Waals surface area contributed by atoms with Crippen molar-refractivity contribution in [3.8, 4) is 17.1 Å². The second-order valence-electron chi connectivity index (χ2n) is 7.06. The van der Waals surface area contributed by atoms with Gasteiger partial charge < -0.3 is 14.6 Å². The first-order valence-electron chi connectivity index (χ1n) is 9.46. The van der Waals surface area contributed by atoms with Crippen molar-refractivity contribution < 1.29 is 22.5 Å². The maximum absolute atomic E-state index is 12.4. The molecule has 1 N–H and O–H groups in total. The molecule has 3 rings (SSSR count). The number of nitrogens with zero attached hydrogens (tertiary/aromatic N) is 3. The van der Waals surface area contributed by atoms with Crippen molar-refractivity contribution in [2.75, 3.05) is 24.2 Å². The highest BCUT2D eigenvalue weighted by molar-refractivity contribution is 7.92. The lowest BCUT2D eigenvalue weighted by Gasteiger charge is -2.22. The fourth-order valence-electron chi connectivity index (χ4n) is 2.83. The maximum atomic E-state index is 12.4. The number of carbonyl (C=O) groups excluding carboxylic acids is 1. The Hall–Kier alpha value is -3.40. The molecular weight excluding hydrogens is 420 g/mol. The van der Waals surface area contributed by atoms with Gasteiger partial charge in [0.25, 0.3) is 0 Å². The highest BCUT2D eigenvalue weighted by Gasteiger charge is 2.21. The van der Waals surface area contributed by atoms with Crippen LogP contribution in [0.1, 0.15) is 17.0 Å². The van der Waals surface area contributed by atoms with Crippen molar-refractivity contribution in [2.24, 2.45) is 0 Å². The summed E-state index contributed by atoms with van der Waals surface area (Å²) in [5, 5.41) is 6.52.